The first-order valence-electron chi connectivity index (χ1n) is 9.24. The second kappa shape index (κ2) is 8.98. The lowest BCUT2D eigenvalue weighted by Gasteiger charge is -2.19. The Kier molecular flexibility index (Phi) is 6.89. The van der Waals surface area contributed by atoms with Gasteiger partial charge in [0.15, 0.2) is 11.6 Å². The summed E-state index contributed by atoms with van der Waals surface area (Å²) in [5, 5.41) is 3.04. The Labute approximate surface area is 169 Å². The molecule has 1 heterocycles. The van der Waals surface area contributed by atoms with Gasteiger partial charge in [0.2, 0.25) is 0 Å². The molecule has 0 unspecified atom stereocenters. The number of esters is 2. The van der Waals surface area contributed by atoms with Gasteiger partial charge < -0.3 is 24.5 Å². The molecular formula is C21H27FN2O5. The van der Waals surface area contributed by atoms with E-state index in [9.17, 15) is 14.0 Å². The maximum atomic E-state index is 13.9. The maximum Gasteiger partial charge on any atom is 0.355 e. The zero-order chi connectivity index (χ0) is 21.8. The third kappa shape index (κ3) is 5.28. The molecule has 0 radical (unpaired) electrons. The van der Waals surface area contributed by atoms with Crippen molar-refractivity contribution in [3.63, 3.8) is 0 Å². The van der Waals surface area contributed by atoms with Crippen LogP contribution in [-0.4, -0.2) is 36.7 Å². The largest absolute Gasteiger partial charge is 0.494 e. The SMILES string of the molecule is CCc1c(C(=O)OC(C)(C)C)[nH]c(CNc2ccc(OC)c(F)c2)c1C(=O)OC. The van der Waals surface area contributed by atoms with E-state index in [1.54, 1.807) is 26.8 Å². The Morgan fingerprint density at radius 3 is 2.38 bits per heavy atom. The third-order valence-electron chi connectivity index (χ3n) is 4.15. The fourth-order valence-electron chi connectivity index (χ4n) is 2.90. The predicted molar refractivity (Wildman–Crippen MR) is 107 cm³/mol. The lowest BCUT2D eigenvalue weighted by molar-refractivity contribution is 0.00622. The van der Waals surface area contributed by atoms with Gasteiger partial charge in [0.25, 0.3) is 0 Å². The molecule has 0 aliphatic rings. The molecule has 0 spiro atoms. The molecule has 0 aliphatic carbocycles. The van der Waals surface area contributed by atoms with Crippen LogP contribution in [0.2, 0.25) is 0 Å². The topological polar surface area (TPSA) is 89.7 Å². The summed E-state index contributed by atoms with van der Waals surface area (Å²) in [6.45, 7) is 7.27. The molecule has 158 valence electrons. The fourth-order valence-corrected chi connectivity index (χ4v) is 2.90. The van der Waals surface area contributed by atoms with E-state index in [1.807, 2.05) is 6.92 Å². The van der Waals surface area contributed by atoms with Gasteiger partial charge in [0.1, 0.15) is 11.3 Å². The number of methoxy groups -OCH3 is 2. The van der Waals surface area contributed by atoms with Crippen molar-refractivity contribution >= 4 is 17.6 Å². The number of halogens is 1. The number of aromatic amines is 1. The van der Waals surface area contributed by atoms with Crippen LogP contribution in [0.15, 0.2) is 18.2 Å². The number of rotatable bonds is 7. The van der Waals surface area contributed by atoms with Crippen LogP contribution >= 0.6 is 0 Å². The minimum Gasteiger partial charge on any atom is -0.494 e. The van der Waals surface area contributed by atoms with Gasteiger partial charge in [0.05, 0.1) is 26.3 Å². The molecule has 0 saturated heterocycles. The van der Waals surface area contributed by atoms with E-state index in [4.69, 9.17) is 14.2 Å². The molecule has 1 aromatic heterocycles. The highest BCUT2D eigenvalue weighted by molar-refractivity contribution is 5.99. The minimum atomic E-state index is -0.683. The van der Waals surface area contributed by atoms with Gasteiger partial charge in [-0.3, -0.25) is 0 Å². The number of nitrogens with one attached hydrogen (secondary N) is 2. The highest BCUT2D eigenvalue weighted by atomic mass is 19.1. The van der Waals surface area contributed by atoms with Crippen LogP contribution in [0.4, 0.5) is 10.1 Å². The summed E-state index contributed by atoms with van der Waals surface area (Å²) in [6, 6.07) is 4.43. The molecule has 2 aromatic rings. The number of H-pyrrole nitrogens is 1. The van der Waals surface area contributed by atoms with Crippen LogP contribution in [0.3, 0.4) is 0 Å². The average molecular weight is 406 g/mol. The minimum absolute atomic E-state index is 0.131. The molecule has 1 aromatic carbocycles. The Morgan fingerprint density at radius 1 is 1.17 bits per heavy atom. The standard InChI is InChI=1S/C21H27FN2O5/c1-7-13-17(19(25)28-6)15(24-18(13)20(26)29-21(2,3)4)11-23-12-8-9-16(27-5)14(22)10-12/h8-10,23-24H,7,11H2,1-6H3. The van der Waals surface area contributed by atoms with Crippen molar-refractivity contribution in [2.45, 2.75) is 46.3 Å². The number of benzene rings is 1. The molecule has 0 fully saturated rings. The van der Waals surface area contributed by atoms with Gasteiger partial charge >= 0.3 is 11.9 Å². The van der Waals surface area contributed by atoms with Crippen molar-refractivity contribution in [3.8, 4) is 5.75 Å². The van der Waals surface area contributed by atoms with Gasteiger partial charge in [-0.15, -0.1) is 0 Å². The number of anilines is 1. The van der Waals surface area contributed by atoms with E-state index in [0.717, 1.165) is 0 Å². The first-order chi connectivity index (χ1) is 13.6. The van der Waals surface area contributed by atoms with Gasteiger partial charge in [-0.1, -0.05) is 6.92 Å². The van der Waals surface area contributed by atoms with E-state index >= 15 is 0 Å². The first-order valence-corrected chi connectivity index (χ1v) is 9.24. The molecule has 7 nitrogen and oxygen atoms in total. The second-order valence-corrected chi connectivity index (χ2v) is 7.38. The summed E-state index contributed by atoms with van der Waals surface area (Å²) in [6.07, 6.45) is 0.423. The molecule has 0 amide bonds. The van der Waals surface area contributed by atoms with E-state index in [0.29, 0.717) is 23.4 Å². The lowest BCUT2D eigenvalue weighted by Crippen LogP contribution is -2.24. The fraction of sp³-hybridized carbons (Fsp3) is 0.429. The summed E-state index contributed by atoms with van der Waals surface area (Å²) < 4.78 is 29.2. The van der Waals surface area contributed by atoms with Crippen molar-refractivity contribution in [3.05, 3.63) is 46.5 Å². The number of hydrogen-bond acceptors (Lipinski definition) is 6. The van der Waals surface area contributed by atoms with Gasteiger partial charge in [-0.05, 0) is 44.9 Å². The van der Waals surface area contributed by atoms with Gasteiger partial charge in [-0.25, -0.2) is 14.0 Å². The van der Waals surface area contributed by atoms with Gasteiger partial charge in [-0.2, -0.15) is 0 Å². The summed E-state index contributed by atoms with van der Waals surface area (Å²) in [7, 11) is 2.66. The normalized spacial score (nSPS) is 11.1. The van der Waals surface area contributed by atoms with E-state index in [1.165, 1.54) is 26.4 Å². The van der Waals surface area contributed by atoms with Crippen molar-refractivity contribution in [1.29, 1.82) is 0 Å². The maximum absolute atomic E-state index is 13.9. The predicted octanol–water partition coefficient (Wildman–Crippen LogP) is 4.08. The van der Waals surface area contributed by atoms with Crippen molar-refractivity contribution in [2.24, 2.45) is 0 Å². The molecule has 0 bridgehead atoms. The molecule has 0 aliphatic heterocycles. The molecular weight excluding hydrogens is 379 g/mol. The van der Waals surface area contributed by atoms with Crippen LogP contribution in [0.25, 0.3) is 0 Å². The van der Waals surface area contributed by atoms with E-state index < -0.39 is 23.4 Å². The van der Waals surface area contributed by atoms with E-state index in [-0.39, 0.29) is 23.6 Å². The van der Waals surface area contributed by atoms with Crippen LogP contribution in [-0.2, 0) is 22.4 Å². The van der Waals surface area contributed by atoms with Gasteiger partial charge in [0, 0.05) is 17.4 Å². The van der Waals surface area contributed by atoms with Crippen molar-refractivity contribution in [2.75, 3.05) is 19.5 Å². The molecule has 0 saturated carbocycles. The number of carbonyl (C=O) groups excluding carboxylic acids is 2. The monoisotopic (exact) mass is 406 g/mol. The molecule has 0 atom stereocenters. The molecule has 8 heteroatoms. The number of hydrogen-bond donors (Lipinski definition) is 2. The number of ether oxygens (including phenoxy) is 3. The van der Waals surface area contributed by atoms with E-state index in [2.05, 4.69) is 10.3 Å². The molecule has 2 rings (SSSR count). The number of aromatic nitrogens is 1. The first kappa shape index (κ1) is 22.3. The average Bonchev–Trinajstić information content (AvgIpc) is 3.03. The summed E-state index contributed by atoms with van der Waals surface area (Å²) in [4.78, 5) is 28.0. The van der Waals surface area contributed by atoms with Crippen LogP contribution < -0.4 is 10.1 Å². The van der Waals surface area contributed by atoms with Crippen molar-refractivity contribution in [1.82, 2.24) is 4.98 Å². The Morgan fingerprint density at radius 2 is 1.86 bits per heavy atom. The third-order valence-corrected chi connectivity index (χ3v) is 4.15. The quantitative estimate of drug-likeness (QED) is 0.674. The number of carbonyl (C=O) groups is 2. The highest BCUT2D eigenvalue weighted by Gasteiger charge is 2.28. The molecule has 29 heavy (non-hydrogen) atoms. The molecule has 2 N–H and O–H groups in total. The summed E-state index contributed by atoms with van der Waals surface area (Å²) in [5.41, 5.74) is 1.26. The zero-order valence-corrected chi connectivity index (χ0v) is 17.6. The summed E-state index contributed by atoms with van der Waals surface area (Å²) >= 11 is 0. The Balaban J connectivity index is 2.38. The highest BCUT2D eigenvalue weighted by Crippen LogP contribution is 2.26. The summed E-state index contributed by atoms with van der Waals surface area (Å²) in [5.74, 6) is -1.50. The van der Waals surface area contributed by atoms with Crippen LogP contribution in [0.5, 0.6) is 5.75 Å². The smallest absolute Gasteiger partial charge is 0.355 e. The second-order valence-electron chi connectivity index (χ2n) is 7.38. The van der Waals surface area contributed by atoms with Crippen LogP contribution in [0, 0.1) is 5.82 Å². The van der Waals surface area contributed by atoms with Crippen LogP contribution in [0.1, 0.15) is 59.8 Å². The Hall–Kier alpha value is -3.03. The van der Waals surface area contributed by atoms with Crippen molar-refractivity contribution < 1.29 is 28.2 Å². The lowest BCUT2D eigenvalue weighted by atomic mass is 10.1. The Bertz CT molecular complexity index is 899. The zero-order valence-electron chi connectivity index (χ0n) is 17.6.